The lowest BCUT2D eigenvalue weighted by Crippen LogP contribution is -2.28. The molecule has 0 aromatic carbocycles. The quantitative estimate of drug-likeness (QED) is 0.586. The molecule has 0 radical (unpaired) electrons. The van der Waals surface area contributed by atoms with Gasteiger partial charge in [-0.25, -0.2) is 0 Å². The lowest BCUT2D eigenvalue weighted by atomic mass is 10.1. The molecule has 3 nitrogen and oxygen atoms in total. The van der Waals surface area contributed by atoms with E-state index >= 15 is 0 Å². The Morgan fingerprint density at radius 3 is 2.43 bits per heavy atom. The maximum Gasteiger partial charge on any atom is 0.217 e. The van der Waals surface area contributed by atoms with Gasteiger partial charge in [0, 0.05) is 12.5 Å². The first-order chi connectivity index (χ1) is 6.52. The van der Waals surface area contributed by atoms with E-state index in [2.05, 4.69) is 26.1 Å². The highest BCUT2D eigenvalue weighted by molar-refractivity contribution is 5.73. The van der Waals surface area contributed by atoms with Gasteiger partial charge in [0.15, 0.2) is 0 Å². The number of amides is 1. The number of nitrogens with two attached hydrogens (primary N) is 1. The summed E-state index contributed by atoms with van der Waals surface area (Å²) in [4.78, 5) is 10.4. The van der Waals surface area contributed by atoms with Crippen LogP contribution in [0.1, 0.15) is 46.5 Å². The predicted octanol–water partition coefficient (Wildman–Crippen LogP) is 1.67. The summed E-state index contributed by atoms with van der Waals surface area (Å²) in [5.74, 6) is 0.545. The van der Waals surface area contributed by atoms with Gasteiger partial charge < -0.3 is 11.1 Å². The third-order valence-electron chi connectivity index (χ3n) is 2.17. The van der Waals surface area contributed by atoms with Crippen LogP contribution in [0.2, 0.25) is 0 Å². The van der Waals surface area contributed by atoms with E-state index in [0.29, 0.717) is 12.5 Å². The fourth-order valence-electron chi connectivity index (χ4n) is 1.56. The number of primary amides is 1. The Kier molecular flexibility index (Phi) is 7.48. The Morgan fingerprint density at radius 2 is 1.93 bits per heavy atom. The Bertz CT molecular complexity index is 157. The summed E-state index contributed by atoms with van der Waals surface area (Å²) in [7, 11) is 0. The second-order valence-electron chi connectivity index (χ2n) is 4.41. The SMILES string of the molecule is CC(C)CC(C)NCCCCC(N)=O. The largest absolute Gasteiger partial charge is 0.370 e. The Hall–Kier alpha value is -0.570. The molecule has 0 saturated carbocycles. The minimum absolute atomic E-state index is 0.194. The number of hydrogen-bond acceptors (Lipinski definition) is 2. The molecule has 0 aliphatic rings. The highest BCUT2D eigenvalue weighted by Gasteiger charge is 2.03. The van der Waals surface area contributed by atoms with Crippen LogP contribution in [0, 0.1) is 5.92 Å². The number of carbonyl (C=O) groups is 1. The fourth-order valence-corrected chi connectivity index (χ4v) is 1.56. The van der Waals surface area contributed by atoms with E-state index in [-0.39, 0.29) is 5.91 Å². The third kappa shape index (κ3) is 9.52. The summed E-state index contributed by atoms with van der Waals surface area (Å²) in [6, 6.07) is 0.573. The van der Waals surface area contributed by atoms with E-state index in [0.717, 1.165) is 25.3 Å². The molecule has 0 fully saturated rings. The number of unbranched alkanes of at least 4 members (excludes halogenated alkanes) is 1. The van der Waals surface area contributed by atoms with E-state index in [1.165, 1.54) is 6.42 Å². The second-order valence-corrected chi connectivity index (χ2v) is 4.41. The van der Waals surface area contributed by atoms with Gasteiger partial charge in [0.05, 0.1) is 0 Å². The summed E-state index contributed by atoms with van der Waals surface area (Å²) < 4.78 is 0. The molecule has 0 spiro atoms. The van der Waals surface area contributed by atoms with E-state index in [4.69, 9.17) is 5.73 Å². The first kappa shape index (κ1) is 13.4. The summed E-state index contributed by atoms with van der Waals surface area (Å²) in [6.07, 6.45) is 3.65. The van der Waals surface area contributed by atoms with Crippen molar-refractivity contribution < 1.29 is 4.79 Å². The number of nitrogens with one attached hydrogen (secondary N) is 1. The van der Waals surface area contributed by atoms with Crippen molar-refractivity contribution in [3.63, 3.8) is 0 Å². The molecule has 0 heterocycles. The van der Waals surface area contributed by atoms with E-state index < -0.39 is 0 Å². The minimum Gasteiger partial charge on any atom is -0.370 e. The minimum atomic E-state index is -0.194. The number of carbonyl (C=O) groups excluding carboxylic acids is 1. The van der Waals surface area contributed by atoms with Gasteiger partial charge in [0.25, 0.3) is 0 Å². The summed E-state index contributed by atoms with van der Waals surface area (Å²) in [5.41, 5.74) is 5.04. The van der Waals surface area contributed by atoms with E-state index in [1.807, 2.05) is 0 Å². The maximum atomic E-state index is 10.4. The van der Waals surface area contributed by atoms with Gasteiger partial charge in [-0.3, -0.25) is 4.79 Å². The zero-order valence-electron chi connectivity index (χ0n) is 9.68. The topological polar surface area (TPSA) is 55.1 Å². The third-order valence-corrected chi connectivity index (χ3v) is 2.17. The van der Waals surface area contributed by atoms with Crippen LogP contribution in [0.3, 0.4) is 0 Å². The lowest BCUT2D eigenvalue weighted by Gasteiger charge is -2.15. The molecule has 0 aromatic rings. The summed E-state index contributed by atoms with van der Waals surface area (Å²) in [6.45, 7) is 7.64. The molecule has 1 unspecified atom stereocenters. The van der Waals surface area contributed by atoms with Gasteiger partial charge in [0.1, 0.15) is 0 Å². The van der Waals surface area contributed by atoms with Crippen LogP contribution in [-0.4, -0.2) is 18.5 Å². The monoisotopic (exact) mass is 200 g/mol. The van der Waals surface area contributed by atoms with Gasteiger partial charge >= 0.3 is 0 Å². The molecule has 3 heteroatoms. The van der Waals surface area contributed by atoms with E-state index in [1.54, 1.807) is 0 Å². The van der Waals surface area contributed by atoms with Crippen LogP contribution >= 0.6 is 0 Å². The van der Waals surface area contributed by atoms with Crippen molar-refractivity contribution in [1.82, 2.24) is 5.32 Å². The van der Waals surface area contributed by atoms with Crippen molar-refractivity contribution >= 4 is 5.91 Å². The van der Waals surface area contributed by atoms with Crippen LogP contribution in [0.4, 0.5) is 0 Å². The molecule has 14 heavy (non-hydrogen) atoms. The molecule has 1 atom stereocenters. The molecule has 3 N–H and O–H groups in total. The van der Waals surface area contributed by atoms with Crippen LogP contribution in [0.25, 0.3) is 0 Å². The molecule has 84 valence electrons. The standard InChI is InChI=1S/C11H24N2O/c1-9(2)8-10(3)13-7-5-4-6-11(12)14/h9-10,13H,4-8H2,1-3H3,(H2,12,14). The van der Waals surface area contributed by atoms with Gasteiger partial charge in [-0.05, 0) is 38.6 Å². The van der Waals surface area contributed by atoms with Gasteiger partial charge in [0.2, 0.25) is 5.91 Å². The Morgan fingerprint density at radius 1 is 1.29 bits per heavy atom. The molecule has 0 bridgehead atoms. The summed E-state index contributed by atoms with van der Waals surface area (Å²) >= 11 is 0. The maximum absolute atomic E-state index is 10.4. The highest BCUT2D eigenvalue weighted by atomic mass is 16.1. The fraction of sp³-hybridized carbons (Fsp3) is 0.909. The van der Waals surface area contributed by atoms with Crippen LogP contribution in [0.15, 0.2) is 0 Å². The van der Waals surface area contributed by atoms with Crippen molar-refractivity contribution in [3.05, 3.63) is 0 Å². The van der Waals surface area contributed by atoms with Gasteiger partial charge in [-0.15, -0.1) is 0 Å². The number of hydrogen-bond donors (Lipinski definition) is 2. The van der Waals surface area contributed by atoms with Crippen LogP contribution in [-0.2, 0) is 4.79 Å². The zero-order chi connectivity index (χ0) is 11.0. The smallest absolute Gasteiger partial charge is 0.217 e. The predicted molar refractivity (Wildman–Crippen MR) is 60.0 cm³/mol. The van der Waals surface area contributed by atoms with Crippen molar-refractivity contribution in [2.24, 2.45) is 11.7 Å². The molecular weight excluding hydrogens is 176 g/mol. The molecular formula is C11H24N2O. The van der Waals surface area contributed by atoms with Crippen LogP contribution in [0.5, 0.6) is 0 Å². The van der Waals surface area contributed by atoms with E-state index in [9.17, 15) is 4.79 Å². The Balaban J connectivity index is 3.23. The average Bonchev–Trinajstić information content (AvgIpc) is 2.01. The molecule has 0 aliphatic carbocycles. The second kappa shape index (κ2) is 7.80. The highest BCUT2D eigenvalue weighted by Crippen LogP contribution is 2.03. The van der Waals surface area contributed by atoms with Crippen LogP contribution < -0.4 is 11.1 Å². The molecule has 0 saturated heterocycles. The van der Waals surface area contributed by atoms with Crippen molar-refractivity contribution in [3.8, 4) is 0 Å². The first-order valence-electron chi connectivity index (χ1n) is 5.54. The zero-order valence-corrected chi connectivity index (χ0v) is 9.68. The first-order valence-corrected chi connectivity index (χ1v) is 5.54. The van der Waals surface area contributed by atoms with Gasteiger partial charge in [-0.2, -0.15) is 0 Å². The number of rotatable bonds is 8. The lowest BCUT2D eigenvalue weighted by molar-refractivity contribution is -0.118. The summed E-state index contributed by atoms with van der Waals surface area (Å²) in [5, 5.41) is 3.44. The molecule has 0 aliphatic heterocycles. The van der Waals surface area contributed by atoms with Crippen molar-refractivity contribution in [2.75, 3.05) is 6.54 Å². The average molecular weight is 200 g/mol. The van der Waals surface area contributed by atoms with Crippen molar-refractivity contribution in [1.29, 1.82) is 0 Å². The Labute approximate surface area is 87.4 Å². The normalized spacial score (nSPS) is 13.1. The molecule has 0 aromatic heterocycles. The molecule has 0 rings (SSSR count). The van der Waals surface area contributed by atoms with Crippen molar-refractivity contribution in [2.45, 2.75) is 52.5 Å². The van der Waals surface area contributed by atoms with Gasteiger partial charge in [-0.1, -0.05) is 13.8 Å². The molecule has 1 amide bonds.